The summed E-state index contributed by atoms with van der Waals surface area (Å²) in [5.41, 5.74) is 2.80. The summed E-state index contributed by atoms with van der Waals surface area (Å²) in [6.45, 7) is 4.53. The van der Waals surface area contributed by atoms with Crippen molar-refractivity contribution in [2.45, 2.75) is 20.3 Å². The van der Waals surface area contributed by atoms with Crippen molar-refractivity contribution in [1.82, 2.24) is 10.3 Å². The number of aromatic nitrogens is 1. The summed E-state index contributed by atoms with van der Waals surface area (Å²) in [6, 6.07) is 7.99. The number of carboxylic acid groups (broad SMARTS) is 1. The number of rotatable bonds is 4. The average Bonchev–Trinajstić information content (AvgIpc) is 3.04. The lowest BCUT2D eigenvalue weighted by Gasteiger charge is -2.18. The number of carbonyl (C=O) groups excluding carboxylic acids is 2. The van der Waals surface area contributed by atoms with Gasteiger partial charge in [0.25, 0.3) is 5.91 Å². The predicted octanol–water partition coefficient (Wildman–Crippen LogP) is 2.43. The second-order valence-electron chi connectivity index (χ2n) is 6.17. The van der Waals surface area contributed by atoms with Gasteiger partial charge in [-0.15, -0.1) is 0 Å². The van der Waals surface area contributed by atoms with E-state index >= 15 is 0 Å². The van der Waals surface area contributed by atoms with Crippen LogP contribution in [0, 0.1) is 6.92 Å². The summed E-state index contributed by atoms with van der Waals surface area (Å²) < 4.78 is 0. The van der Waals surface area contributed by atoms with Crippen molar-refractivity contribution in [1.29, 1.82) is 0 Å². The topological polar surface area (TPSA) is 112 Å². The molecule has 2 aromatic rings. The highest BCUT2D eigenvalue weighted by Gasteiger charge is 2.25. The van der Waals surface area contributed by atoms with Crippen molar-refractivity contribution in [3.63, 3.8) is 0 Å². The monoisotopic (exact) mass is 368 g/mol. The number of amides is 3. The van der Waals surface area contributed by atoms with E-state index in [1.54, 1.807) is 24.0 Å². The first-order valence-corrected chi connectivity index (χ1v) is 8.61. The smallest absolute Gasteiger partial charge is 0.337 e. The fourth-order valence-corrected chi connectivity index (χ4v) is 3.02. The molecule has 140 valence electrons. The van der Waals surface area contributed by atoms with Gasteiger partial charge < -0.3 is 15.7 Å². The van der Waals surface area contributed by atoms with Crippen LogP contribution in [0.2, 0.25) is 0 Å². The Bertz CT molecular complexity index is 926. The second kappa shape index (κ2) is 7.45. The SMILES string of the molecule is CCNC(=O)N1CCc2ccc(NC(=O)c3ccc(C(=O)O)c(C)n3)cc21. The van der Waals surface area contributed by atoms with Crippen molar-refractivity contribution in [3.05, 3.63) is 52.8 Å². The number of nitrogens with zero attached hydrogens (tertiary/aromatic N) is 2. The number of aryl methyl sites for hydroxylation is 1. The maximum absolute atomic E-state index is 12.5. The van der Waals surface area contributed by atoms with Crippen molar-refractivity contribution >= 4 is 29.3 Å². The van der Waals surface area contributed by atoms with Crippen LogP contribution in [0.5, 0.6) is 0 Å². The lowest BCUT2D eigenvalue weighted by atomic mass is 10.1. The first kappa shape index (κ1) is 18.4. The Hall–Kier alpha value is -3.42. The van der Waals surface area contributed by atoms with Crippen LogP contribution in [0.4, 0.5) is 16.2 Å². The zero-order valence-corrected chi connectivity index (χ0v) is 15.1. The maximum Gasteiger partial charge on any atom is 0.337 e. The number of aromatic carboxylic acids is 1. The Kier molecular flexibility index (Phi) is 5.07. The van der Waals surface area contributed by atoms with Crippen molar-refractivity contribution in [2.24, 2.45) is 0 Å². The molecule has 3 N–H and O–H groups in total. The van der Waals surface area contributed by atoms with Gasteiger partial charge in [0.15, 0.2) is 0 Å². The first-order chi connectivity index (χ1) is 12.9. The molecule has 0 spiro atoms. The third-order valence-electron chi connectivity index (χ3n) is 4.36. The van der Waals surface area contributed by atoms with E-state index in [9.17, 15) is 14.4 Å². The Balaban J connectivity index is 1.80. The lowest BCUT2D eigenvalue weighted by Crippen LogP contribution is -2.38. The number of nitrogens with one attached hydrogen (secondary N) is 2. The van der Waals surface area contributed by atoms with E-state index in [1.807, 2.05) is 13.0 Å². The quantitative estimate of drug-likeness (QED) is 0.767. The van der Waals surface area contributed by atoms with Gasteiger partial charge in [-0.1, -0.05) is 6.07 Å². The molecule has 0 atom stereocenters. The highest BCUT2D eigenvalue weighted by Crippen LogP contribution is 2.31. The number of pyridine rings is 1. The molecule has 0 fully saturated rings. The minimum absolute atomic E-state index is 0.0571. The average molecular weight is 368 g/mol. The van der Waals surface area contributed by atoms with E-state index in [1.165, 1.54) is 12.1 Å². The molecule has 0 aliphatic carbocycles. The molecule has 3 rings (SSSR count). The van der Waals surface area contributed by atoms with Gasteiger partial charge in [0, 0.05) is 18.8 Å². The Labute approximate surface area is 156 Å². The Morgan fingerprint density at radius 2 is 2.00 bits per heavy atom. The van der Waals surface area contributed by atoms with Gasteiger partial charge in [-0.3, -0.25) is 9.69 Å². The highest BCUT2D eigenvalue weighted by atomic mass is 16.4. The fraction of sp³-hybridized carbons (Fsp3) is 0.263. The van der Waals surface area contributed by atoms with Gasteiger partial charge in [-0.25, -0.2) is 14.6 Å². The number of hydrogen-bond acceptors (Lipinski definition) is 4. The van der Waals surface area contributed by atoms with E-state index in [2.05, 4.69) is 15.6 Å². The molecule has 1 aromatic heterocycles. The van der Waals surface area contributed by atoms with Gasteiger partial charge >= 0.3 is 12.0 Å². The molecule has 27 heavy (non-hydrogen) atoms. The summed E-state index contributed by atoms with van der Waals surface area (Å²) in [7, 11) is 0. The fourth-order valence-electron chi connectivity index (χ4n) is 3.02. The van der Waals surface area contributed by atoms with E-state index in [-0.39, 0.29) is 23.0 Å². The van der Waals surface area contributed by atoms with Crippen LogP contribution < -0.4 is 15.5 Å². The van der Waals surface area contributed by atoms with E-state index in [0.29, 0.717) is 18.8 Å². The summed E-state index contributed by atoms with van der Waals surface area (Å²) in [5, 5.41) is 14.6. The highest BCUT2D eigenvalue weighted by molar-refractivity contribution is 6.04. The first-order valence-electron chi connectivity index (χ1n) is 8.61. The zero-order chi connectivity index (χ0) is 19.6. The third kappa shape index (κ3) is 3.74. The number of fused-ring (bicyclic) bond motifs is 1. The molecule has 1 aliphatic rings. The standard InChI is InChI=1S/C19H20N4O4/c1-3-20-19(27)23-9-8-12-4-5-13(10-16(12)23)22-17(24)15-7-6-14(18(25)26)11(2)21-15/h4-7,10H,3,8-9H2,1-2H3,(H,20,27)(H,22,24)(H,25,26). The van der Waals surface area contributed by atoms with Crippen LogP contribution in [0.3, 0.4) is 0 Å². The number of carboxylic acids is 1. The van der Waals surface area contributed by atoms with E-state index in [0.717, 1.165) is 17.7 Å². The van der Waals surface area contributed by atoms with E-state index in [4.69, 9.17) is 5.11 Å². The van der Waals surface area contributed by atoms with E-state index < -0.39 is 11.9 Å². The van der Waals surface area contributed by atoms with Gasteiger partial charge in [-0.05, 0) is 50.1 Å². The molecule has 8 heteroatoms. The predicted molar refractivity (Wildman–Crippen MR) is 100 cm³/mol. The van der Waals surface area contributed by atoms with Crippen LogP contribution in [0.15, 0.2) is 30.3 Å². The molecule has 3 amide bonds. The third-order valence-corrected chi connectivity index (χ3v) is 4.36. The molecule has 0 saturated carbocycles. The van der Waals surface area contributed by atoms with Crippen LogP contribution in [0.25, 0.3) is 0 Å². The van der Waals surface area contributed by atoms with Crippen molar-refractivity contribution in [3.8, 4) is 0 Å². The molecule has 1 aromatic carbocycles. The Morgan fingerprint density at radius 1 is 1.22 bits per heavy atom. The number of benzene rings is 1. The molecule has 2 heterocycles. The zero-order valence-electron chi connectivity index (χ0n) is 15.1. The summed E-state index contributed by atoms with van der Waals surface area (Å²) in [6.07, 6.45) is 0.762. The molecule has 0 saturated heterocycles. The maximum atomic E-state index is 12.5. The number of hydrogen-bond donors (Lipinski definition) is 3. The number of anilines is 2. The summed E-state index contributed by atoms with van der Waals surface area (Å²) in [4.78, 5) is 41.4. The molecular formula is C19H20N4O4. The molecule has 1 aliphatic heterocycles. The minimum Gasteiger partial charge on any atom is -0.478 e. The number of carbonyl (C=O) groups is 3. The van der Waals surface area contributed by atoms with Gasteiger partial charge in [0.2, 0.25) is 0 Å². The normalized spacial score (nSPS) is 12.4. The molecule has 0 radical (unpaired) electrons. The Morgan fingerprint density at radius 3 is 2.67 bits per heavy atom. The molecule has 0 bridgehead atoms. The summed E-state index contributed by atoms with van der Waals surface area (Å²) in [5.74, 6) is -1.53. The minimum atomic E-state index is -1.09. The van der Waals surface area contributed by atoms with Crippen LogP contribution in [-0.2, 0) is 6.42 Å². The largest absolute Gasteiger partial charge is 0.478 e. The van der Waals surface area contributed by atoms with Crippen molar-refractivity contribution < 1.29 is 19.5 Å². The van der Waals surface area contributed by atoms with Gasteiger partial charge in [0.05, 0.1) is 16.9 Å². The van der Waals surface area contributed by atoms with Crippen LogP contribution in [0.1, 0.15) is 39.0 Å². The lowest BCUT2D eigenvalue weighted by molar-refractivity contribution is 0.0695. The van der Waals surface area contributed by atoms with Crippen molar-refractivity contribution in [2.75, 3.05) is 23.3 Å². The molecule has 8 nitrogen and oxygen atoms in total. The second-order valence-corrected chi connectivity index (χ2v) is 6.17. The van der Waals surface area contributed by atoms with Gasteiger partial charge in [0.1, 0.15) is 5.69 Å². The molecule has 0 unspecified atom stereocenters. The van der Waals surface area contributed by atoms with Crippen LogP contribution in [-0.4, -0.2) is 41.1 Å². The van der Waals surface area contributed by atoms with Crippen LogP contribution >= 0.6 is 0 Å². The summed E-state index contributed by atoms with van der Waals surface area (Å²) >= 11 is 0. The number of urea groups is 1. The van der Waals surface area contributed by atoms with Gasteiger partial charge in [-0.2, -0.15) is 0 Å². The molecular weight excluding hydrogens is 348 g/mol.